The predicted octanol–water partition coefficient (Wildman–Crippen LogP) is 0.667. The highest BCUT2D eigenvalue weighted by molar-refractivity contribution is 6.04. The smallest absolute Gasteiger partial charge is 0.407 e. The van der Waals surface area contributed by atoms with Gasteiger partial charge >= 0.3 is 6.09 Å². The quantitative estimate of drug-likeness (QED) is 0.359. The molecule has 4 amide bonds. The first-order valence-electron chi connectivity index (χ1n) is 9.41. The van der Waals surface area contributed by atoms with Gasteiger partial charge in [0.2, 0.25) is 0 Å². The Labute approximate surface area is 181 Å². The summed E-state index contributed by atoms with van der Waals surface area (Å²) >= 11 is 0. The minimum absolute atomic E-state index is 0.00971. The first-order chi connectivity index (χ1) is 14.6. The molecule has 0 aliphatic rings. The van der Waals surface area contributed by atoms with Crippen molar-refractivity contribution in [2.45, 2.75) is 26.4 Å². The van der Waals surface area contributed by atoms with Crippen LogP contribution in [0.3, 0.4) is 0 Å². The molecule has 1 aromatic rings. The Hall–Kier alpha value is -3.98. The van der Waals surface area contributed by atoms with Crippen LogP contribution in [0.25, 0.3) is 0 Å². The number of terminal acetylenes is 2. The number of alkyl carbamates (subject to hydrolysis) is 1. The summed E-state index contributed by atoms with van der Waals surface area (Å²) < 4.78 is 5.10. The number of ether oxygens (including phenoxy) is 1. The maximum Gasteiger partial charge on any atom is 0.407 e. The molecular weight excluding hydrogens is 400 g/mol. The number of hydrogen-bond donors (Lipinski definition) is 4. The summed E-state index contributed by atoms with van der Waals surface area (Å²) in [4.78, 5) is 48.6. The maximum atomic E-state index is 12.5. The summed E-state index contributed by atoms with van der Waals surface area (Å²) in [5.74, 6) is 2.93. The third-order valence-corrected chi connectivity index (χ3v) is 3.50. The van der Waals surface area contributed by atoms with Crippen LogP contribution in [-0.4, -0.2) is 55.6 Å². The van der Waals surface area contributed by atoms with E-state index >= 15 is 0 Å². The fraction of sp³-hybridized carbons (Fsp3) is 0.364. The van der Waals surface area contributed by atoms with Crippen LogP contribution in [-0.2, 0) is 4.74 Å². The van der Waals surface area contributed by atoms with Crippen LogP contribution < -0.4 is 21.3 Å². The second-order valence-electron chi connectivity index (χ2n) is 7.26. The lowest BCUT2D eigenvalue weighted by molar-refractivity contribution is 0.0526. The fourth-order valence-corrected chi connectivity index (χ4v) is 2.24. The minimum atomic E-state index is -0.635. The number of rotatable bonds is 8. The van der Waals surface area contributed by atoms with E-state index < -0.39 is 29.4 Å². The molecule has 0 spiro atoms. The second-order valence-corrected chi connectivity index (χ2v) is 7.26. The molecule has 0 atom stereocenters. The van der Waals surface area contributed by atoms with E-state index in [1.807, 2.05) is 0 Å². The molecule has 0 saturated heterocycles. The molecule has 0 aliphatic carbocycles. The van der Waals surface area contributed by atoms with E-state index in [4.69, 9.17) is 17.6 Å². The molecule has 31 heavy (non-hydrogen) atoms. The average Bonchev–Trinajstić information content (AvgIpc) is 2.71. The van der Waals surface area contributed by atoms with E-state index in [-0.39, 0.29) is 42.9 Å². The fourth-order valence-electron chi connectivity index (χ4n) is 2.24. The summed E-state index contributed by atoms with van der Waals surface area (Å²) in [7, 11) is 0. The predicted molar refractivity (Wildman–Crippen MR) is 115 cm³/mol. The van der Waals surface area contributed by atoms with Gasteiger partial charge in [0.05, 0.1) is 13.1 Å². The molecule has 0 heterocycles. The maximum absolute atomic E-state index is 12.5. The highest BCUT2D eigenvalue weighted by Crippen LogP contribution is 2.11. The monoisotopic (exact) mass is 426 g/mol. The molecule has 9 nitrogen and oxygen atoms in total. The minimum Gasteiger partial charge on any atom is -0.444 e. The molecule has 0 saturated carbocycles. The van der Waals surface area contributed by atoms with E-state index in [2.05, 4.69) is 33.1 Å². The van der Waals surface area contributed by atoms with Crippen molar-refractivity contribution in [1.82, 2.24) is 21.3 Å². The van der Waals surface area contributed by atoms with E-state index in [1.165, 1.54) is 18.2 Å². The molecule has 9 heteroatoms. The molecule has 1 aromatic carbocycles. The Morgan fingerprint density at radius 1 is 0.774 bits per heavy atom. The van der Waals surface area contributed by atoms with Gasteiger partial charge in [0, 0.05) is 29.8 Å². The average molecular weight is 426 g/mol. The van der Waals surface area contributed by atoms with Crippen LogP contribution in [0.15, 0.2) is 18.2 Å². The molecule has 4 N–H and O–H groups in total. The Morgan fingerprint density at radius 2 is 1.16 bits per heavy atom. The van der Waals surface area contributed by atoms with Gasteiger partial charge in [0.25, 0.3) is 17.7 Å². The number of carbonyl (C=O) groups excluding carboxylic acids is 4. The van der Waals surface area contributed by atoms with Gasteiger partial charge in [0.15, 0.2) is 0 Å². The summed E-state index contributed by atoms with van der Waals surface area (Å²) in [6.45, 7) is 5.41. The van der Waals surface area contributed by atoms with Crippen LogP contribution in [0.2, 0.25) is 0 Å². The van der Waals surface area contributed by atoms with Crippen molar-refractivity contribution < 1.29 is 23.9 Å². The zero-order valence-corrected chi connectivity index (χ0v) is 17.8. The van der Waals surface area contributed by atoms with Crippen LogP contribution in [0, 0.1) is 24.7 Å². The number of amides is 4. The first kappa shape index (κ1) is 25.1. The van der Waals surface area contributed by atoms with Gasteiger partial charge in [-0.15, -0.1) is 12.8 Å². The highest BCUT2D eigenvalue weighted by Gasteiger charge is 2.17. The SMILES string of the molecule is C#CCNC(=O)c1cc(C(=O)NCC#C)cc(C(=O)NCCNC(=O)OC(C)(C)C)c1. The molecule has 0 unspecified atom stereocenters. The van der Waals surface area contributed by atoms with Crippen molar-refractivity contribution in [3.8, 4) is 24.7 Å². The van der Waals surface area contributed by atoms with Crippen LogP contribution >= 0.6 is 0 Å². The van der Waals surface area contributed by atoms with Gasteiger partial charge in [-0.2, -0.15) is 0 Å². The number of carbonyl (C=O) groups is 4. The summed E-state index contributed by atoms with van der Waals surface area (Å²) in [5.41, 5.74) is -0.387. The highest BCUT2D eigenvalue weighted by atomic mass is 16.6. The van der Waals surface area contributed by atoms with Gasteiger partial charge in [-0.25, -0.2) is 4.79 Å². The van der Waals surface area contributed by atoms with Gasteiger partial charge in [-0.3, -0.25) is 14.4 Å². The van der Waals surface area contributed by atoms with Crippen LogP contribution in [0.4, 0.5) is 4.79 Å². The topological polar surface area (TPSA) is 126 Å². The molecule has 0 aromatic heterocycles. The second kappa shape index (κ2) is 11.9. The number of nitrogens with one attached hydrogen (secondary N) is 4. The van der Waals surface area contributed by atoms with Crippen molar-refractivity contribution in [3.05, 3.63) is 34.9 Å². The number of hydrogen-bond acceptors (Lipinski definition) is 5. The summed E-state index contributed by atoms with van der Waals surface area (Å²) in [6.07, 6.45) is 9.67. The van der Waals surface area contributed by atoms with Gasteiger partial charge in [-0.1, -0.05) is 11.8 Å². The Morgan fingerprint density at radius 3 is 1.55 bits per heavy atom. The molecule has 0 radical (unpaired) electrons. The largest absolute Gasteiger partial charge is 0.444 e. The lowest BCUT2D eigenvalue weighted by atomic mass is 10.0. The molecule has 0 fully saturated rings. The molecule has 0 aliphatic heterocycles. The van der Waals surface area contributed by atoms with E-state index in [0.29, 0.717) is 0 Å². The van der Waals surface area contributed by atoms with E-state index in [1.54, 1.807) is 20.8 Å². The lowest BCUT2D eigenvalue weighted by Gasteiger charge is -2.19. The van der Waals surface area contributed by atoms with E-state index in [0.717, 1.165) is 0 Å². The Bertz CT molecular complexity index is 871. The third-order valence-electron chi connectivity index (χ3n) is 3.50. The zero-order valence-electron chi connectivity index (χ0n) is 17.8. The van der Waals surface area contributed by atoms with E-state index in [9.17, 15) is 19.2 Å². The third kappa shape index (κ3) is 9.37. The number of benzene rings is 1. The first-order valence-corrected chi connectivity index (χ1v) is 9.41. The van der Waals surface area contributed by atoms with Crippen LogP contribution in [0.5, 0.6) is 0 Å². The van der Waals surface area contributed by atoms with Gasteiger partial charge in [-0.05, 0) is 39.0 Å². The standard InChI is InChI=1S/C22H26N4O5/c1-6-8-23-18(27)15-12-16(19(28)24-9-7-2)14-17(13-15)20(29)25-10-11-26-21(30)31-22(3,4)5/h1-2,12-14H,8-11H2,3-5H3,(H,23,27)(H,24,28)(H,25,29)(H,26,30). The Balaban J connectivity index is 2.88. The molecule has 1 rings (SSSR count). The van der Waals surface area contributed by atoms with Gasteiger partial charge in [0.1, 0.15) is 5.60 Å². The zero-order chi connectivity index (χ0) is 23.4. The van der Waals surface area contributed by atoms with Crippen molar-refractivity contribution in [3.63, 3.8) is 0 Å². The van der Waals surface area contributed by atoms with Gasteiger partial charge < -0.3 is 26.0 Å². The summed E-state index contributed by atoms with van der Waals surface area (Å²) in [6, 6.07) is 4.00. The molecule has 0 bridgehead atoms. The van der Waals surface area contributed by atoms with Crippen LogP contribution in [0.1, 0.15) is 51.8 Å². The summed E-state index contributed by atoms with van der Waals surface area (Å²) in [5, 5.41) is 10.1. The lowest BCUT2D eigenvalue weighted by Crippen LogP contribution is -2.38. The normalized spacial score (nSPS) is 10.1. The molecular formula is C22H26N4O5. The van der Waals surface area contributed by atoms with Crippen molar-refractivity contribution >= 4 is 23.8 Å². The van der Waals surface area contributed by atoms with Crippen molar-refractivity contribution in [2.75, 3.05) is 26.2 Å². The van der Waals surface area contributed by atoms with Crippen molar-refractivity contribution in [1.29, 1.82) is 0 Å². The Kier molecular flexibility index (Phi) is 9.61. The molecule has 164 valence electrons. The van der Waals surface area contributed by atoms with Crippen molar-refractivity contribution in [2.24, 2.45) is 0 Å².